The third-order valence-electron chi connectivity index (χ3n) is 5.37. The molecular weight excluding hydrogens is 456 g/mol. The first kappa shape index (κ1) is 23.4. The van der Waals surface area contributed by atoms with E-state index in [2.05, 4.69) is 26.7 Å². The number of carbonyl (C=O) groups is 2. The Bertz CT molecular complexity index is 1310. The van der Waals surface area contributed by atoms with E-state index in [1.54, 1.807) is 18.2 Å². The van der Waals surface area contributed by atoms with Crippen LogP contribution in [0.2, 0.25) is 0 Å². The van der Waals surface area contributed by atoms with Crippen LogP contribution >= 0.6 is 11.8 Å². The SMILES string of the molecule is COc1ccc(NC(=O)[C@@H]2CC(=O)Nc3nc(SCc4cccc(C)c4)[nH]c(=O)c32)c(OC)c1. The Kier molecular flexibility index (Phi) is 6.87. The first-order valence-electron chi connectivity index (χ1n) is 10.5. The van der Waals surface area contributed by atoms with Gasteiger partial charge in [0.2, 0.25) is 11.8 Å². The lowest BCUT2D eigenvalue weighted by Crippen LogP contribution is -2.36. The number of amides is 2. The smallest absolute Gasteiger partial charge is 0.257 e. The maximum Gasteiger partial charge on any atom is 0.257 e. The van der Waals surface area contributed by atoms with Crippen molar-refractivity contribution < 1.29 is 19.1 Å². The van der Waals surface area contributed by atoms with Crippen LogP contribution in [0.4, 0.5) is 11.5 Å². The summed E-state index contributed by atoms with van der Waals surface area (Å²) in [5, 5.41) is 5.75. The van der Waals surface area contributed by atoms with Crippen LogP contribution in [0.5, 0.6) is 11.5 Å². The number of fused-ring (bicyclic) bond motifs is 1. The Morgan fingerprint density at radius 1 is 1.18 bits per heavy atom. The predicted octanol–water partition coefficient (Wildman–Crippen LogP) is 3.45. The number of aromatic nitrogens is 2. The van der Waals surface area contributed by atoms with Crippen molar-refractivity contribution in [3.8, 4) is 11.5 Å². The lowest BCUT2D eigenvalue weighted by atomic mass is 9.92. The summed E-state index contributed by atoms with van der Waals surface area (Å²) in [5.41, 5.74) is 2.29. The summed E-state index contributed by atoms with van der Waals surface area (Å²) in [5.74, 6) is -0.236. The van der Waals surface area contributed by atoms with Crippen molar-refractivity contribution in [2.45, 2.75) is 30.2 Å². The lowest BCUT2D eigenvalue weighted by molar-refractivity contribution is -0.123. The molecule has 0 radical (unpaired) electrons. The molecule has 0 unspecified atom stereocenters. The molecular formula is C24H24N4O5S. The number of anilines is 2. The third kappa shape index (κ3) is 5.07. The van der Waals surface area contributed by atoms with Crippen molar-refractivity contribution in [2.24, 2.45) is 0 Å². The second-order valence-corrected chi connectivity index (χ2v) is 8.74. The minimum absolute atomic E-state index is 0.105. The zero-order chi connectivity index (χ0) is 24.2. The first-order valence-corrected chi connectivity index (χ1v) is 11.5. The van der Waals surface area contributed by atoms with E-state index < -0.39 is 17.4 Å². The molecule has 34 heavy (non-hydrogen) atoms. The molecule has 10 heteroatoms. The van der Waals surface area contributed by atoms with Crippen LogP contribution in [-0.4, -0.2) is 36.0 Å². The summed E-state index contributed by atoms with van der Waals surface area (Å²) < 4.78 is 10.5. The molecule has 4 rings (SSSR count). The van der Waals surface area contributed by atoms with E-state index in [1.165, 1.54) is 26.0 Å². The molecule has 0 bridgehead atoms. The van der Waals surface area contributed by atoms with Gasteiger partial charge in [0.15, 0.2) is 5.16 Å². The van der Waals surface area contributed by atoms with Gasteiger partial charge in [-0.2, -0.15) is 0 Å². The highest BCUT2D eigenvalue weighted by Crippen LogP contribution is 2.33. The number of carbonyl (C=O) groups excluding carboxylic acids is 2. The maximum absolute atomic E-state index is 13.1. The number of aromatic amines is 1. The molecule has 1 aliphatic heterocycles. The van der Waals surface area contributed by atoms with Crippen molar-refractivity contribution in [1.29, 1.82) is 0 Å². The molecule has 0 saturated carbocycles. The van der Waals surface area contributed by atoms with Gasteiger partial charge in [-0.05, 0) is 24.6 Å². The number of thioether (sulfide) groups is 1. The molecule has 1 atom stereocenters. The zero-order valence-electron chi connectivity index (χ0n) is 18.9. The molecule has 0 aliphatic carbocycles. The summed E-state index contributed by atoms with van der Waals surface area (Å²) >= 11 is 1.34. The van der Waals surface area contributed by atoms with Crippen LogP contribution in [0.1, 0.15) is 29.0 Å². The number of H-pyrrole nitrogens is 1. The van der Waals surface area contributed by atoms with Gasteiger partial charge in [0, 0.05) is 18.2 Å². The summed E-state index contributed by atoms with van der Waals surface area (Å²) in [6.07, 6.45) is -0.169. The Hall–Kier alpha value is -3.79. The van der Waals surface area contributed by atoms with Gasteiger partial charge in [-0.25, -0.2) is 4.98 Å². The van der Waals surface area contributed by atoms with E-state index in [1.807, 2.05) is 25.1 Å². The predicted molar refractivity (Wildman–Crippen MR) is 130 cm³/mol. The average Bonchev–Trinajstić information content (AvgIpc) is 2.82. The van der Waals surface area contributed by atoms with Crippen LogP contribution < -0.4 is 25.7 Å². The van der Waals surface area contributed by atoms with Gasteiger partial charge >= 0.3 is 0 Å². The Morgan fingerprint density at radius 2 is 2.00 bits per heavy atom. The van der Waals surface area contributed by atoms with Gasteiger partial charge in [0.1, 0.15) is 17.3 Å². The molecule has 3 aromatic rings. The van der Waals surface area contributed by atoms with Gasteiger partial charge in [0.05, 0.1) is 31.4 Å². The fourth-order valence-electron chi connectivity index (χ4n) is 3.72. The third-order valence-corrected chi connectivity index (χ3v) is 6.31. The fourth-order valence-corrected chi connectivity index (χ4v) is 4.52. The Balaban J connectivity index is 1.58. The quantitative estimate of drug-likeness (QED) is 0.350. The number of ether oxygens (including phenoxy) is 2. The van der Waals surface area contributed by atoms with E-state index in [0.717, 1.165) is 11.1 Å². The number of rotatable bonds is 7. The van der Waals surface area contributed by atoms with Crippen LogP contribution in [0.15, 0.2) is 52.4 Å². The molecule has 2 aromatic carbocycles. The largest absolute Gasteiger partial charge is 0.497 e. The molecule has 2 amide bonds. The second-order valence-electron chi connectivity index (χ2n) is 7.77. The highest BCUT2D eigenvalue weighted by Gasteiger charge is 2.35. The number of nitrogens with one attached hydrogen (secondary N) is 3. The van der Waals surface area contributed by atoms with Crippen LogP contribution in [0.25, 0.3) is 0 Å². The fraction of sp³-hybridized carbons (Fsp3) is 0.250. The number of benzene rings is 2. The summed E-state index contributed by atoms with van der Waals surface area (Å²) in [4.78, 5) is 45.6. The monoisotopic (exact) mass is 480 g/mol. The number of hydrogen-bond donors (Lipinski definition) is 3. The number of nitrogens with zero attached hydrogens (tertiary/aromatic N) is 1. The molecule has 2 heterocycles. The highest BCUT2D eigenvalue weighted by atomic mass is 32.2. The average molecular weight is 481 g/mol. The summed E-state index contributed by atoms with van der Waals surface area (Å²) in [6.45, 7) is 2.01. The van der Waals surface area contributed by atoms with Crippen molar-refractivity contribution in [2.75, 3.05) is 24.9 Å². The zero-order valence-corrected chi connectivity index (χ0v) is 19.7. The standard InChI is InChI=1S/C24H24N4O5S/c1-13-5-4-6-14(9-13)12-34-24-27-21-20(23(31)28-24)16(11-19(29)26-21)22(30)25-17-8-7-15(32-2)10-18(17)33-3/h4-10,16H,11-12H2,1-3H3,(H,25,30)(H2,26,27,28,29,31)/t16-/m1/s1. The summed E-state index contributed by atoms with van der Waals surface area (Å²) in [6, 6.07) is 13.0. The highest BCUT2D eigenvalue weighted by molar-refractivity contribution is 7.98. The normalized spacial score (nSPS) is 14.7. The number of hydrogen-bond acceptors (Lipinski definition) is 7. The van der Waals surface area contributed by atoms with E-state index in [9.17, 15) is 14.4 Å². The molecule has 0 fully saturated rings. The number of methoxy groups -OCH3 is 2. The maximum atomic E-state index is 13.1. The van der Waals surface area contributed by atoms with Gasteiger partial charge < -0.3 is 25.1 Å². The molecule has 1 aliphatic rings. The van der Waals surface area contributed by atoms with Gasteiger partial charge in [-0.15, -0.1) is 0 Å². The molecule has 9 nitrogen and oxygen atoms in total. The van der Waals surface area contributed by atoms with Crippen molar-refractivity contribution >= 4 is 35.1 Å². The molecule has 0 saturated heterocycles. The Labute approximate surface area is 200 Å². The van der Waals surface area contributed by atoms with Crippen molar-refractivity contribution in [3.63, 3.8) is 0 Å². The second kappa shape index (κ2) is 10.0. The van der Waals surface area contributed by atoms with Crippen LogP contribution in [0, 0.1) is 6.92 Å². The summed E-state index contributed by atoms with van der Waals surface area (Å²) in [7, 11) is 3.00. The van der Waals surface area contributed by atoms with Crippen molar-refractivity contribution in [3.05, 3.63) is 69.5 Å². The van der Waals surface area contributed by atoms with Gasteiger partial charge in [-0.1, -0.05) is 41.6 Å². The van der Waals surface area contributed by atoms with E-state index in [-0.39, 0.29) is 23.7 Å². The molecule has 1 aromatic heterocycles. The minimum atomic E-state index is -0.998. The molecule has 0 spiro atoms. The topological polar surface area (TPSA) is 122 Å². The van der Waals surface area contributed by atoms with Gasteiger partial charge in [-0.3, -0.25) is 14.4 Å². The minimum Gasteiger partial charge on any atom is -0.497 e. The van der Waals surface area contributed by atoms with Crippen molar-refractivity contribution in [1.82, 2.24) is 9.97 Å². The lowest BCUT2D eigenvalue weighted by Gasteiger charge is -2.24. The van der Waals surface area contributed by atoms with Gasteiger partial charge in [0.25, 0.3) is 5.56 Å². The van der Waals surface area contributed by atoms with Crippen LogP contribution in [0.3, 0.4) is 0 Å². The van der Waals surface area contributed by atoms with Crippen LogP contribution in [-0.2, 0) is 15.3 Å². The van der Waals surface area contributed by atoms with E-state index in [4.69, 9.17) is 9.47 Å². The van der Waals surface area contributed by atoms with E-state index >= 15 is 0 Å². The van der Waals surface area contributed by atoms with E-state index in [0.29, 0.717) is 28.1 Å². The molecule has 176 valence electrons. The Morgan fingerprint density at radius 3 is 2.74 bits per heavy atom. The molecule has 3 N–H and O–H groups in total. The first-order chi connectivity index (χ1) is 16.4. The number of aryl methyl sites for hydroxylation is 1.